The van der Waals surface area contributed by atoms with Gasteiger partial charge >= 0.3 is 0 Å². The van der Waals surface area contributed by atoms with Crippen LogP contribution in [0.25, 0.3) is 0 Å². The first-order valence-corrected chi connectivity index (χ1v) is 16.6. The number of phenolic OH excluding ortho intramolecular Hbond substituents is 1. The number of aliphatic carboxylic acids is 1. The van der Waals surface area contributed by atoms with Crippen molar-refractivity contribution >= 4 is 30.8 Å². The predicted octanol–water partition coefficient (Wildman–Crippen LogP) is 5.97. The van der Waals surface area contributed by atoms with Gasteiger partial charge in [0.25, 0.3) is 0 Å². The van der Waals surface area contributed by atoms with Crippen LogP contribution in [0.3, 0.4) is 0 Å². The van der Waals surface area contributed by atoms with Gasteiger partial charge in [0, 0.05) is 36.6 Å². The molecule has 0 aromatic heterocycles. The number of ether oxygens (including phenoxy) is 5. The van der Waals surface area contributed by atoms with E-state index < -0.39 is 5.97 Å². The van der Waals surface area contributed by atoms with Gasteiger partial charge in [-0.2, -0.15) is 0 Å². The Bertz CT molecular complexity index is 1920. The van der Waals surface area contributed by atoms with Gasteiger partial charge in [-0.25, -0.2) is 0 Å². The highest BCUT2D eigenvalue weighted by atomic mass is 35.5. The highest BCUT2D eigenvalue weighted by Gasteiger charge is 2.41. The number of carboxylic acid groups (broad SMARTS) is 1. The van der Waals surface area contributed by atoms with Crippen LogP contribution >= 0.6 is 24.8 Å². The molecule has 0 aliphatic carbocycles. The normalized spacial score (nSPS) is 20.5. The first-order chi connectivity index (χ1) is 23.6. The van der Waals surface area contributed by atoms with Crippen LogP contribution in [0.2, 0.25) is 0 Å². The van der Waals surface area contributed by atoms with Crippen LogP contribution in [0.1, 0.15) is 45.5 Å². The molecule has 4 aliphatic heterocycles. The molecule has 0 fully saturated rings. The molecule has 4 aromatic carbocycles. The minimum Gasteiger partial charge on any atom is -0.544 e. The number of hydrogen-bond donors (Lipinski definition) is 1. The van der Waals surface area contributed by atoms with Crippen LogP contribution in [0.15, 0.2) is 60.7 Å². The number of carbonyl (C=O) groups is 1. The number of phenols is 1. The van der Waals surface area contributed by atoms with E-state index in [1.165, 1.54) is 7.11 Å². The Hall–Kier alpha value is -4.35. The van der Waals surface area contributed by atoms with Gasteiger partial charge < -0.3 is 43.2 Å². The number of carbonyl (C=O) groups excluding carboxylic acids is 1. The summed E-state index contributed by atoms with van der Waals surface area (Å²) in [5, 5.41) is 23.8. The summed E-state index contributed by atoms with van der Waals surface area (Å²) in [7, 11) is 8.81. The molecule has 3 unspecified atom stereocenters. The zero-order valence-electron chi connectivity index (χ0n) is 29.4. The van der Waals surface area contributed by atoms with Gasteiger partial charge in [-0.15, -0.1) is 24.8 Å². The Balaban J connectivity index is 0.00000252. The number of aromatic hydroxyl groups is 1. The van der Waals surface area contributed by atoms with Gasteiger partial charge in [-0.05, 0) is 84.6 Å². The minimum absolute atomic E-state index is 0. The van der Waals surface area contributed by atoms with Crippen molar-refractivity contribution in [1.82, 2.24) is 4.90 Å². The Morgan fingerprint density at radius 2 is 1.53 bits per heavy atom. The number of hydrogen-bond acceptors (Lipinski definition) is 9. The van der Waals surface area contributed by atoms with Gasteiger partial charge in [0.2, 0.25) is 5.75 Å². The molecule has 0 amide bonds. The van der Waals surface area contributed by atoms with Gasteiger partial charge in [-0.1, -0.05) is 18.2 Å². The summed E-state index contributed by atoms with van der Waals surface area (Å²) in [5.74, 6) is 2.28. The molecule has 4 aliphatic rings. The van der Waals surface area contributed by atoms with Gasteiger partial charge in [0.15, 0.2) is 34.5 Å². The molecule has 4 heterocycles. The molecule has 10 nitrogen and oxygen atoms in total. The van der Waals surface area contributed by atoms with Crippen LogP contribution in [-0.2, 0) is 30.5 Å². The fourth-order valence-electron chi connectivity index (χ4n) is 7.82. The van der Waals surface area contributed by atoms with Crippen molar-refractivity contribution in [3.8, 4) is 46.0 Å². The zero-order chi connectivity index (χ0) is 34.4. The second-order valence-corrected chi connectivity index (χ2v) is 13.5. The van der Waals surface area contributed by atoms with E-state index in [0.717, 1.165) is 46.3 Å². The van der Waals surface area contributed by atoms with E-state index in [4.69, 9.17) is 23.7 Å². The fourth-order valence-corrected chi connectivity index (χ4v) is 7.82. The number of quaternary nitrogens is 1. The number of methoxy groups -OCH3 is 3. The smallest absolute Gasteiger partial charge is 0.201 e. The maximum atomic E-state index is 12.1. The molecule has 0 saturated heterocycles. The van der Waals surface area contributed by atoms with Crippen LogP contribution < -0.4 is 28.8 Å². The van der Waals surface area contributed by atoms with Crippen LogP contribution in [0.5, 0.6) is 46.0 Å². The second kappa shape index (κ2) is 15.1. The van der Waals surface area contributed by atoms with Crippen molar-refractivity contribution in [1.29, 1.82) is 0 Å². The highest BCUT2D eigenvalue weighted by Crippen LogP contribution is 2.52. The topological polar surface area (TPSA) is 110 Å². The first kappa shape index (κ1) is 37.9. The molecule has 272 valence electrons. The quantitative estimate of drug-likeness (QED) is 0.248. The average molecular weight is 740 g/mol. The van der Waals surface area contributed by atoms with E-state index in [1.807, 2.05) is 67.7 Å². The van der Waals surface area contributed by atoms with Crippen molar-refractivity contribution in [2.75, 3.05) is 55.1 Å². The molecule has 1 N–H and O–H groups in total. The molecular formula is C39H44Cl2N2O8. The van der Waals surface area contributed by atoms with Gasteiger partial charge in [0.1, 0.15) is 18.3 Å². The third kappa shape index (κ3) is 7.10. The minimum atomic E-state index is -1.10. The largest absolute Gasteiger partial charge is 0.544 e. The molecule has 4 aromatic rings. The molecule has 51 heavy (non-hydrogen) atoms. The molecule has 0 radical (unpaired) electrons. The number of rotatable bonds is 5. The van der Waals surface area contributed by atoms with Gasteiger partial charge in [-0.3, -0.25) is 4.90 Å². The first-order valence-electron chi connectivity index (χ1n) is 16.6. The van der Waals surface area contributed by atoms with Crippen molar-refractivity contribution in [3.05, 3.63) is 94.0 Å². The van der Waals surface area contributed by atoms with E-state index in [1.54, 1.807) is 14.2 Å². The van der Waals surface area contributed by atoms with E-state index in [-0.39, 0.29) is 53.7 Å². The average Bonchev–Trinajstić information content (AvgIpc) is 3.08. The standard InChI is InChI=1S/C39H42N2O8.2ClH/c1-40-14-12-26-20-35(47-5)38(44)39-37(26)29(40)16-24-8-11-31(45-3)33(18-24)48-27-9-6-23(7-10-27)17-30-28-21-34(49-39)32(46-4)19-25(28)13-15-41(30,2)22-36(42)43;;/h6-11,18-21,29-30H,12-17,22H2,1-5H3,(H-,42,43,44);2*1H. The van der Waals surface area contributed by atoms with Crippen LogP contribution in [0.4, 0.5) is 0 Å². The number of likely N-dealkylation sites (N-methyl/N-ethyl adjacent to an activating group) is 2. The van der Waals surface area contributed by atoms with Crippen molar-refractivity contribution in [3.63, 3.8) is 0 Å². The summed E-state index contributed by atoms with van der Waals surface area (Å²) in [6, 6.07) is 19.3. The summed E-state index contributed by atoms with van der Waals surface area (Å²) in [6.45, 7) is 1.28. The molecule has 12 heteroatoms. The monoisotopic (exact) mass is 738 g/mol. The lowest BCUT2D eigenvalue weighted by Gasteiger charge is -2.46. The molecule has 8 rings (SSSR count). The van der Waals surface area contributed by atoms with E-state index in [9.17, 15) is 15.0 Å². The van der Waals surface area contributed by atoms with E-state index >= 15 is 0 Å². The number of halogens is 2. The van der Waals surface area contributed by atoms with Crippen molar-refractivity contribution in [2.45, 2.75) is 37.8 Å². The second-order valence-electron chi connectivity index (χ2n) is 13.5. The van der Waals surface area contributed by atoms with Crippen molar-refractivity contribution < 1.29 is 43.2 Å². The van der Waals surface area contributed by atoms with E-state index in [0.29, 0.717) is 66.1 Å². The molecular weight excluding hydrogens is 695 g/mol. The third-order valence-corrected chi connectivity index (χ3v) is 10.5. The molecule has 0 saturated carbocycles. The maximum Gasteiger partial charge on any atom is 0.201 e. The fraction of sp³-hybridized carbons (Fsp3) is 0.359. The number of nitrogens with zero attached hydrogens (tertiary/aromatic N) is 2. The lowest BCUT2D eigenvalue weighted by atomic mass is 9.86. The Morgan fingerprint density at radius 1 is 0.863 bits per heavy atom. The highest BCUT2D eigenvalue weighted by molar-refractivity contribution is 5.85. The summed E-state index contributed by atoms with van der Waals surface area (Å²) in [4.78, 5) is 14.4. The Labute approximate surface area is 310 Å². The summed E-state index contributed by atoms with van der Waals surface area (Å²) < 4.78 is 30.7. The summed E-state index contributed by atoms with van der Waals surface area (Å²) >= 11 is 0. The molecule has 3 atom stereocenters. The number of carboxylic acids is 1. The van der Waals surface area contributed by atoms with Crippen LogP contribution in [0, 0.1) is 0 Å². The SMILES string of the molecule is COc1ccc2cc1Oc1ccc(cc1)CC1c3cc(c(OC)cc3CC[N+]1(C)CC(=O)[O-])Oc1c(O)c(OC)cc3c1C(C2)N(C)CC3.Cl.Cl. The Morgan fingerprint density at radius 3 is 2.22 bits per heavy atom. The summed E-state index contributed by atoms with van der Waals surface area (Å²) in [5.41, 5.74) is 5.99. The van der Waals surface area contributed by atoms with E-state index in [2.05, 4.69) is 11.9 Å². The lowest BCUT2D eigenvalue weighted by Crippen LogP contribution is -2.56. The van der Waals surface area contributed by atoms with Crippen LogP contribution in [-0.4, -0.2) is 75.5 Å². The zero-order valence-corrected chi connectivity index (χ0v) is 31.0. The lowest BCUT2D eigenvalue weighted by molar-refractivity contribution is -0.936. The molecule has 6 bridgehead atoms. The summed E-state index contributed by atoms with van der Waals surface area (Å²) in [6.07, 6.45) is 2.57. The molecule has 0 spiro atoms. The van der Waals surface area contributed by atoms with Gasteiger partial charge in [0.05, 0.1) is 40.9 Å². The Kier molecular flexibility index (Phi) is 11.2. The predicted molar refractivity (Wildman–Crippen MR) is 196 cm³/mol. The maximum absolute atomic E-state index is 12.1. The number of fused-ring (bicyclic) bond motifs is 2. The third-order valence-electron chi connectivity index (χ3n) is 10.5. The van der Waals surface area contributed by atoms with Crippen molar-refractivity contribution in [2.24, 2.45) is 0 Å². The number of benzene rings is 4.